The first kappa shape index (κ1) is 17.6. The number of methoxy groups -OCH3 is 1. The molecule has 1 fully saturated rings. The molecule has 1 N–H and O–H groups in total. The monoisotopic (exact) mass is 415 g/mol. The average molecular weight is 415 g/mol. The van der Waals surface area contributed by atoms with E-state index in [9.17, 15) is 4.79 Å². The van der Waals surface area contributed by atoms with Crippen molar-refractivity contribution in [1.29, 1.82) is 0 Å². The van der Waals surface area contributed by atoms with Crippen molar-refractivity contribution >= 4 is 34.2 Å². The topological polar surface area (TPSA) is 38.3 Å². The standard InChI is InChI=1S/C18H26INO2/c1-11(2)14-7-5-12(3)9-15(14)18(21)20-17-8-6-13(22-4)10-16(17)19/h6,8,10-12,14-15H,5,7,9H2,1-4H3,(H,20,21)/t12-,14+,15-/m1/s1. The number of benzene rings is 1. The Morgan fingerprint density at radius 3 is 2.68 bits per heavy atom. The van der Waals surface area contributed by atoms with Gasteiger partial charge in [-0.05, 0) is 71.4 Å². The normalized spacial score (nSPS) is 25.1. The summed E-state index contributed by atoms with van der Waals surface area (Å²) in [6.07, 6.45) is 3.41. The molecule has 1 aliphatic rings. The summed E-state index contributed by atoms with van der Waals surface area (Å²) in [6, 6.07) is 5.76. The van der Waals surface area contributed by atoms with Gasteiger partial charge in [-0.15, -0.1) is 0 Å². The number of halogens is 1. The first-order chi connectivity index (χ1) is 10.4. The van der Waals surface area contributed by atoms with Crippen LogP contribution in [0.4, 0.5) is 5.69 Å². The molecule has 1 aromatic rings. The molecule has 0 saturated heterocycles. The Bertz CT molecular complexity index is 530. The lowest BCUT2D eigenvalue weighted by Crippen LogP contribution is -2.36. The first-order valence-electron chi connectivity index (χ1n) is 8.06. The highest BCUT2D eigenvalue weighted by molar-refractivity contribution is 14.1. The quantitative estimate of drug-likeness (QED) is 0.707. The molecule has 0 radical (unpaired) electrons. The molecule has 0 spiro atoms. The first-order valence-corrected chi connectivity index (χ1v) is 9.14. The number of hydrogen-bond donors (Lipinski definition) is 1. The summed E-state index contributed by atoms with van der Waals surface area (Å²) in [5.41, 5.74) is 0.882. The summed E-state index contributed by atoms with van der Waals surface area (Å²) < 4.78 is 6.23. The molecule has 1 aliphatic carbocycles. The van der Waals surface area contributed by atoms with Crippen LogP contribution in [0.1, 0.15) is 40.0 Å². The highest BCUT2D eigenvalue weighted by Gasteiger charge is 2.35. The molecule has 1 amide bonds. The van der Waals surface area contributed by atoms with E-state index in [2.05, 4.69) is 48.7 Å². The van der Waals surface area contributed by atoms with Gasteiger partial charge in [0.1, 0.15) is 5.75 Å². The Hall–Kier alpha value is -0.780. The van der Waals surface area contributed by atoms with Crippen LogP contribution in [-0.2, 0) is 4.79 Å². The van der Waals surface area contributed by atoms with Gasteiger partial charge in [-0.2, -0.15) is 0 Å². The molecule has 0 unspecified atom stereocenters. The van der Waals surface area contributed by atoms with E-state index < -0.39 is 0 Å². The largest absolute Gasteiger partial charge is 0.497 e. The summed E-state index contributed by atoms with van der Waals surface area (Å²) >= 11 is 2.24. The number of ether oxygens (including phenoxy) is 1. The van der Waals surface area contributed by atoms with E-state index >= 15 is 0 Å². The van der Waals surface area contributed by atoms with Gasteiger partial charge in [-0.25, -0.2) is 0 Å². The van der Waals surface area contributed by atoms with Crippen molar-refractivity contribution in [2.75, 3.05) is 12.4 Å². The third-order valence-corrected chi connectivity index (χ3v) is 5.69. The van der Waals surface area contributed by atoms with Crippen molar-refractivity contribution in [2.45, 2.75) is 40.0 Å². The summed E-state index contributed by atoms with van der Waals surface area (Å²) in [5.74, 6) is 2.80. The van der Waals surface area contributed by atoms with Crippen LogP contribution in [0.15, 0.2) is 18.2 Å². The van der Waals surface area contributed by atoms with Crippen LogP contribution >= 0.6 is 22.6 Å². The highest BCUT2D eigenvalue weighted by atomic mass is 127. The Kier molecular flexibility index (Phi) is 6.12. The van der Waals surface area contributed by atoms with Crippen molar-refractivity contribution in [3.63, 3.8) is 0 Å². The molecule has 0 bridgehead atoms. The van der Waals surface area contributed by atoms with E-state index in [0.29, 0.717) is 17.8 Å². The second-order valence-electron chi connectivity index (χ2n) is 6.77. The molecule has 0 aliphatic heterocycles. The van der Waals surface area contributed by atoms with Crippen LogP contribution in [0.5, 0.6) is 5.75 Å². The van der Waals surface area contributed by atoms with Gasteiger partial charge >= 0.3 is 0 Å². The summed E-state index contributed by atoms with van der Waals surface area (Å²) in [5, 5.41) is 3.13. The minimum Gasteiger partial charge on any atom is -0.497 e. The number of rotatable bonds is 4. The molecule has 3 nitrogen and oxygen atoms in total. The van der Waals surface area contributed by atoms with Gasteiger partial charge in [-0.1, -0.05) is 27.2 Å². The van der Waals surface area contributed by atoms with Crippen molar-refractivity contribution in [2.24, 2.45) is 23.7 Å². The number of carbonyl (C=O) groups excluding carboxylic acids is 1. The predicted octanol–water partition coefficient (Wildman–Crippen LogP) is 4.95. The van der Waals surface area contributed by atoms with Gasteiger partial charge < -0.3 is 10.1 Å². The van der Waals surface area contributed by atoms with Gasteiger partial charge in [-0.3, -0.25) is 4.79 Å². The molecule has 122 valence electrons. The van der Waals surface area contributed by atoms with Gasteiger partial charge in [0.05, 0.1) is 12.8 Å². The van der Waals surface area contributed by atoms with E-state index in [1.54, 1.807) is 7.11 Å². The fourth-order valence-corrected chi connectivity index (χ4v) is 4.07. The van der Waals surface area contributed by atoms with Gasteiger partial charge in [0, 0.05) is 9.49 Å². The number of carbonyl (C=O) groups is 1. The van der Waals surface area contributed by atoms with E-state index in [1.807, 2.05) is 18.2 Å². The number of hydrogen-bond acceptors (Lipinski definition) is 2. The maximum Gasteiger partial charge on any atom is 0.227 e. The van der Waals surface area contributed by atoms with Crippen LogP contribution in [0.25, 0.3) is 0 Å². The lowest BCUT2D eigenvalue weighted by atomic mass is 9.70. The highest BCUT2D eigenvalue weighted by Crippen LogP contribution is 2.38. The number of nitrogens with one attached hydrogen (secondary N) is 1. The second kappa shape index (κ2) is 7.66. The van der Waals surface area contributed by atoms with Crippen molar-refractivity contribution in [3.05, 3.63) is 21.8 Å². The second-order valence-corrected chi connectivity index (χ2v) is 7.93. The van der Waals surface area contributed by atoms with E-state index in [0.717, 1.165) is 27.8 Å². The van der Waals surface area contributed by atoms with Crippen LogP contribution < -0.4 is 10.1 Å². The Labute approximate surface area is 147 Å². The summed E-state index contributed by atoms with van der Waals surface area (Å²) in [6.45, 7) is 6.73. The van der Waals surface area contributed by atoms with Gasteiger partial charge in [0.25, 0.3) is 0 Å². The maximum absolute atomic E-state index is 12.8. The minimum absolute atomic E-state index is 0.127. The van der Waals surface area contributed by atoms with Crippen molar-refractivity contribution in [1.82, 2.24) is 0 Å². The summed E-state index contributed by atoms with van der Waals surface area (Å²) in [4.78, 5) is 12.8. The van der Waals surface area contributed by atoms with Crippen LogP contribution in [0.2, 0.25) is 0 Å². The number of amides is 1. The fraction of sp³-hybridized carbons (Fsp3) is 0.611. The molecule has 22 heavy (non-hydrogen) atoms. The third-order valence-electron chi connectivity index (χ3n) is 4.79. The number of anilines is 1. The van der Waals surface area contributed by atoms with Crippen LogP contribution in [0, 0.1) is 27.2 Å². The predicted molar refractivity (Wildman–Crippen MR) is 99.2 cm³/mol. The zero-order valence-corrected chi connectivity index (χ0v) is 16.0. The van der Waals surface area contributed by atoms with Crippen molar-refractivity contribution in [3.8, 4) is 5.75 Å². The molecule has 1 saturated carbocycles. The Morgan fingerprint density at radius 2 is 2.09 bits per heavy atom. The Balaban J connectivity index is 2.12. The molecule has 2 rings (SSSR count). The zero-order valence-electron chi connectivity index (χ0n) is 13.9. The Morgan fingerprint density at radius 1 is 1.36 bits per heavy atom. The average Bonchev–Trinajstić information content (AvgIpc) is 2.48. The van der Waals surface area contributed by atoms with Gasteiger partial charge in [0.2, 0.25) is 5.91 Å². The van der Waals surface area contributed by atoms with E-state index in [-0.39, 0.29) is 11.8 Å². The lowest BCUT2D eigenvalue weighted by molar-refractivity contribution is -0.124. The van der Waals surface area contributed by atoms with Gasteiger partial charge in [0.15, 0.2) is 0 Å². The SMILES string of the molecule is COc1ccc(NC(=O)[C@@H]2C[C@H](C)CC[C@H]2C(C)C)c(I)c1. The molecule has 3 atom stereocenters. The maximum atomic E-state index is 12.8. The molecular weight excluding hydrogens is 389 g/mol. The molecular formula is C18H26INO2. The van der Waals surface area contributed by atoms with E-state index in [4.69, 9.17) is 4.74 Å². The summed E-state index contributed by atoms with van der Waals surface area (Å²) in [7, 11) is 1.65. The molecule has 4 heteroatoms. The van der Waals surface area contributed by atoms with Crippen LogP contribution in [-0.4, -0.2) is 13.0 Å². The molecule has 1 aromatic carbocycles. The molecule has 0 aromatic heterocycles. The molecule has 0 heterocycles. The van der Waals surface area contributed by atoms with Crippen LogP contribution in [0.3, 0.4) is 0 Å². The fourth-order valence-electron chi connectivity index (χ4n) is 3.45. The van der Waals surface area contributed by atoms with Crippen molar-refractivity contribution < 1.29 is 9.53 Å². The zero-order chi connectivity index (χ0) is 16.3. The minimum atomic E-state index is 0.127. The van der Waals surface area contributed by atoms with E-state index in [1.165, 1.54) is 6.42 Å². The lowest BCUT2D eigenvalue weighted by Gasteiger charge is -2.36. The third kappa shape index (κ3) is 4.15. The smallest absolute Gasteiger partial charge is 0.227 e.